The van der Waals surface area contributed by atoms with Crippen molar-refractivity contribution in [1.29, 1.82) is 0 Å². The maximum atomic E-state index is 12.2. The summed E-state index contributed by atoms with van der Waals surface area (Å²) in [7, 11) is 0. The molecule has 0 bridgehead atoms. The van der Waals surface area contributed by atoms with Crippen molar-refractivity contribution < 1.29 is 14.7 Å². The Kier molecular flexibility index (Phi) is 5.32. The van der Waals surface area contributed by atoms with Gasteiger partial charge in [-0.1, -0.05) is 19.3 Å². The standard InChI is InChI=1S/C14H22N4O3/c15-6-7-18-8-12(16-9-18)13(19)17-11-5-3-1-2-4-10(11)14(20)21/h8-11H,1-7,15H2,(H,17,19)(H,20,21). The summed E-state index contributed by atoms with van der Waals surface area (Å²) < 4.78 is 1.75. The van der Waals surface area contributed by atoms with Gasteiger partial charge in [-0.15, -0.1) is 0 Å². The van der Waals surface area contributed by atoms with Gasteiger partial charge in [0.15, 0.2) is 0 Å². The number of carboxylic acid groups (broad SMARTS) is 1. The topological polar surface area (TPSA) is 110 Å². The van der Waals surface area contributed by atoms with Crippen molar-refractivity contribution in [3.05, 3.63) is 18.2 Å². The fraction of sp³-hybridized carbons (Fsp3) is 0.643. The number of nitrogens with zero attached hydrogens (tertiary/aromatic N) is 2. The van der Waals surface area contributed by atoms with Crippen molar-refractivity contribution >= 4 is 11.9 Å². The zero-order valence-electron chi connectivity index (χ0n) is 12.0. The lowest BCUT2D eigenvalue weighted by Gasteiger charge is -2.22. The van der Waals surface area contributed by atoms with Crippen molar-refractivity contribution in [2.24, 2.45) is 11.7 Å². The molecule has 0 radical (unpaired) electrons. The quantitative estimate of drug-likeness (QED) is 0.689. The number of imidazole rings is 1. The summed E-state index contributed by atoms with van der Waals surface area (Å²) in [6.45, 7) is 1.07. The van der Waals surface area contributed by atoms with Crippen LogP contribution in [0, 0.1) is 5.92 Å². The van der Waals surface area contributed by atoms with Gasteiger partial charge in [0.1, 0.15) is 5.69 Å². The Morgan fingerprint density at radius 2 is 2.14 bits per heavy atom. The largest absolute Gasteiger partial charge is 0.481 e. The highest BCUT2D eigenvalue weighted by Gasteiger charge is 2.31. The zero-order valence-corrected chi connectivity index (χ0v) is 12.0. The Morgan fingerprint density at radius 1 is 1.38 bits per heavy atom. The van der Waals surface area contributed by atoms with Crippen molar-refractivity contribution in [3.63, 3.8) is 0 Å². The van der Waals surface area contributed by atoms with E-state index >= 15 is 0 Å². The number of carbonyl (C=O) groups is 2. The SMILES string of the molecule is NCCn1cnc(C(=O)NC2CCCCCC2C(=O)O)c1. The molecule has 0 aromatic carbocycles. The van der Waals surface area contributed by atoms with E-state index in [0.29, 0.717) is 31.6 Å². The lowest BCUT2D eigenvalue weighted by molar-refractivity contribution is -0.142. The van der Waals surface area contributed by atoms with Crippen LogP contribution in [0.4, 0.5) is 0 Å². The first-order chi connectivity index (χ1) is 10.1. The first kappa shape index (κ1) is 15.5. The normalized spacial score (nSPS) is 22.5. The molecule has 2 unspecified atom stereocenters. The van der Waals surface area contributed by atoms with Crippen molar-refractivity contribution in [2.75, 3.05) is 6.54 Å². The number of hydrogen-bond acceptors (Lipinski definition) is 4. The van der Waals surface area contributed by atoms with E-state index in [1.54, 1.807) is 17.1 Å². The highest BCUT2D eigenvalue weighted by molar-refractivity contribution is 5.92. The molecule has 1 heterocycles. The van der Waals surface area contributed by atoms with Crippen LogP contribution in [0.1, 0.15) is 42.6 Å². The van der Waals surface area contributed by atoms with E-state index < -0.39 is 11.9 Å². The van der Waals surface area contributed by atoms with Crippen LogP contribution < -0.4 is 11.1 Å². The van der Waals surface area contributed by atoms with E-state index in [-0.39, 0.29) is 11.9 Å². The summed E-state index contributed by atoms with van der Waals surface area (Å²) >= 11 is 0. The third kappa shape index (κ3) is 4.04. The van der Waals surface area contributed by atoms with Crippen LogP contribution >= 0.6 is 0 Å². The first-order valence-corrected chi connectivity index (χ1v) is 7.37. The van der Waals surface area contributed by atoms with Crippen LogP contribution in [0.25, 0.3) is 0 Å². The molecule has 0 aliphatic heterocycles. The Hall–Kier alpha value is -1.89. The number of carbonyl (C=O) groups excluding carboxylic acids is 1. The number of rotatable bonds is 5. The van der Waals surface area contributed by atoms with Gasteiger partial charge in [-0.25, -0.2) is 4.98 Å². The minimum atomic E-state index is -0.837. The molecule has 0 saturated heterocycles. The molecule has 1 aromatic heterocycles. The molecule has 1 aliphatic carbocycles. The van der Waals surface area contributed by atoms with Gasteiger partial charge in [0, 0.05) is 25.3 Å². The average Bonchev–Trinajstić information content (AvgIpc) is 2.78. The number of nitrogens with two attached hydrogens (primary N) is 1. The van der Waals surface area contributed by atoms with E-state index in [2.05, 4.69) is 10.3 Å². The molecule has 0 spiro atoms. The van der Waals surface area contributed by atoms with Crippen molar-refractivity contribution in [2.45, 2.75) is 44.7 Å². The Balaban J connectivity index is 2.03. The van der Waals surface area contributed by atoms with Gasteiger partial charge in [0.2, 0.25) is 0 Å². The molecule has 1 amide bonds. The third-order valence-electron chi connectivity index (χ3n) is 3.90. The second-order valence-electron chi connectivity index (χ2n) is 5.45. The highest BCUT2D eigenvalue weighted by Crippen LogP contribution is 2.24. The zero-order chi connectivity index (χ0) is 15.2. The molecular weight excluding hydrogens is 272 g/mol. The lowest BCUT2D eigenvalue weighted by Crippen LogP contribution is -2.43. The van der Waals surface area contributed by atoms with E-state index in [1.165, 1.54) is 0 Å². The maximum absolute atomic E-state index is 12.2. The van der Waals surface area contributed by atoms with E-state index in [9.17, 15) is 14.7 Å². The smallest absolute Gasteiger partial charge is 0.308 e. The summed E-state index contributed by atoms with van der Waals surface area (Å²) in [6, 6.07) is -0.322. The number of nitrogens with one attached hydrogen (secondary N) is 1. The van der Waals surface area contributed by atoms with Crippen LogP contribution in [0.3, 0.4) is 0 Å². The number of carboxylic acids is 1. The number of hydrogen-bond donors (Lipinski definition) is 3. The van der Waals surface area contributed by atoms with Crippen LogP contribution in [-0.4, -0.2) is 39.1 Å². The fourth-order valence-corrected chi connectivity index (χ4v) is 2.77. The Morgan fingerprint density at radius 3 is 2.86 bits per heavy atom. The maximum Gasteiger partial charge on any atom is 0.308 e. The second-order valence-corrected chi connectivity index (χ2v) is 5.45. The van der Waals surface area contributed by atoms with Gasteiger partial charge in [0.05, 0.1) is 12.2 Å². The molecule has 1 aliphatic rings. The molecule has 2 rings (SSSR count). The molecular formula is C14H22N4O3. The molecule has 21 heavy (non-hydrogen) atoms. The van der Waals surface area contributed by atoms with Gasteiger partial charge in [-0.2, -0.15) is 0 Å². The summed E-state index contributed by atoms with van der Waals surface area (Å²) in [5, 5.41) is 12.1. The van der Waals surface area contributed by atoms with Crippen LogP contribution in [0.2, 0.25) is 0 Å². The Bertz CT molecular complexity index is 500. The lowest BCUT2D eigenvalue weighted by atomic mass is 9.95. The predicted octanol–water partition coefficient (Wildman–Crippen LogP) is 0.605. The molecule has 116 valence electrons. The first-order valence-electron chi connectivity index (χ1n) is 7.37. The molecule has 1 fully saturated rings. The molecule has 7 heteroatoms. The fourth-order valence-electron chi connectivity index (χ4n) is 2.77. The summed E-state index contributed by atoms with van der Waals surface area (Å²) in [5.41, 5.74) is 5.75. The summed E-state index contributed by atoms with van der Waals surface area (Å²) in [5.74, 6) is -1.66. The van der Waals surface area contributed by atoms with Gasteiger partial charge >= 0.3 is 5.97 Å². The number of aliphatic carboxylic acids is 1. The Labute approximate surface area is 123 Å². The van der Waals surface area contributed by atoms with Gasteiger partial charge in [-0.05, 0) is 12.8 Å². The molecule has 4 N–H and O–H groups in total. The molecule has 7 nitrogen and oxygen atoms in total. The second kappa shape index (κ2) is 7.21. The molecule has 1 saturated carbocycles. The summed E-state index contributed by atoms with van der Waals surface area (Å²) in [4.78, 5) is 27.6. The minimum absolute atomic E-state index is 0.303. The third-order valence-corrected chi connectivity index (χ3v) is 3.90. The molecule has 1 aromatic rings. The van der Waals surface area contributed by atoms with Gasteiger partial charge in [0.25, 0.3) is 5.91 Å². The van der Waals surface area contributed by atoms with Crippen molar-refractivity contribution in [1.82, 2.24) is 14.9 Å². The van der Waals surface area contributed by atoms with Crippen molar-refractivity contribution in [3.8, 4) is 0 Å². The van der Waals surface area contributed by atoms with Crippen LogP contribution in [0.5, 0.6) is 0 Å². The average molecular weight is 294 g/mol. The summed E-state index contributed by atoms with van der Waals surface area (Å²) in [6.07, 6.45) is 7.36. The van der Waals surface area contributed by atoms with Gasteiger partial charge in [-0.3, -0.25) is 9.59 Å². The van der Waals surface area contributed by atoms with E-state index in [1.807, 2.05) is 0 Å². The van der Waals surface area contributed by atoms with Crippen LogP contribution in [-0.2, 0) is 11.3 Å². The number of aromatic nitrogens is 2. The van der Waals surface area contributed by atoms with Crippen LogP contribution in [0.15, 0.2) is 12.5 Å². The van der Waals surface area contributed by atoms with E-state index in [4.69, 9.17) is 5.73 Å². The predicted molar refractivity (Wildman–Crippen MR) is 76.7 cm³/mol. The van der Waals surface area contributed by atoms with Gasteiger partial charge < -0.3 is 20.7 Å². The molecule has 2 atom stereocenters. The van der Waals surface area contributed by atoms with E-state index in [0.717, 1.165) is 19.3 Å². The number of amides is 1. The highest BCUT2D eigenvalue weighted by atomic mass is 16.4. The minimum Gasteiger partial charge on any atom is -0.481 e. The monoisotopic (exact) mass is 294 g/mol.